The van der Waals surface area contributed by atoms with Crippen LogP contribution in [0.1, 0.15) is 28.8 Å². The molecule has 0 aromatic heterocycles. The van der Waals surface area contributed by atoms with Crippen LogP contribution in [0.25, 0.3) is 0 Å². The quantitative estimate of drug-likeness (QED) is 0.882. The molecule has 1 aliphatic heterocycles. The number of piperidine rings is 1. The van der Waals surface area contributed by atoms with Gasteiger partial charge in [0.05, 0.1) is 0 Å². The van der Waals surface area contributed by atoms with E-state index in [-0.39, 0.29) is 5.91 Å². The van der Waals surface area contributed by atoms with Crippen LogP contribution < -0.4 is 10.6 Å². The summed E-state index contributed by atoms with van der Waals surface area (Å²) in [6, 6.07) is 5.43. The molecule has 1 aromatic rings. The zero-order chi connectivity index (χ0) is 13.0. The van der Waals surface area contributed by atoms with Crippen LogP contribution in [0.15, 0.2) is 18.2 Å². The van der Waals surface area contributed by atoms with E-state index in [0.717, 1.165) is 38.0 Å². The smallest absolute Gasteiger partial charge is 0.251 e. The van der Waals surface area contributed by atoms with E-state index in [0.29, 0.717) is 16.5 Å². The Labute approximate surface area is 113 Å². The first-order valence-electron chi connectivity index (χ1n) is 6.42. The van der Waals surface area contributed by atoms with Gasteiger partial charge in [-0.15, -0.1) is 0 Å². The van der Waals surface area contributed by atoms with Gasteiger partial charge in [-0.05, 0) is 56.5 Å². The van der Waals surface area contributed by atoms with Crippen LogP contribution in [0.5, 0.6) is 0 Å². The number of hydrogen-bond donors (Lipinski definition) is 2. The van der Waals surface area contributed by atoms with Crippen LogP contribution in [0.3, 0.4) is 0 Å². The number of amides is 1. The number of halogens is 1. The highest BCUT2D eigenvalue weighted by molar-refractivity contribution is 6.31. The molecule has 1 aliphatic rings. The molecule has 1 fully saturated rings. The van der Waals surface area contributed by atoms with Crippen molar-refractivity contribution in [2.75, 3.05) is 19.6 Å². The highest BCUT2D eigenvalue weighted by Crippen LogP contribution is 2.17. The molecular formula is C14H19ClN2O. The van der Waals surface area contributed by atoms with Gasteiger partial charge in [0.1, 0.15) is 0 Å². The summed E-state index contributed by atoms with van der Waals surface area (Å²) in [6.45, 7) is 4.79. The third-order valence-corrected chi connectivity index (χ3v) is 3.85. The van der Waals surface area contributed by atoms with E-state index in [1.807, 2.05) is 19.1 Å². The van der Waals surface area contributed by atoms with Gasteiger partial charge >= 0.3 is 0 Å². The molecule has 2 rings (SSSR count). The zero-order valence-electron chi connectivity index (χ0n) is 10.6. The van der Waals surface area contributed by atoms with Crippen LogP contribution in [-0.4, -0.2) is 25.5 Å². The summed E-state index contributed by atoms with van der Waals surface area (Å²) in [6.07, 6.45) is 2.27. The molecule has 0 bridgehead atoms. The lowest BCUT2D eigenvalue weighted by molar-refractivity contribution is 0.0944. The van der Waals surface area contributed by atoms with Gasteiger partial charge in [0.25, 0.3) is 5.91 Å². The predicted octanol–water partition coefficient (Wildman–Crippen LogP) is 2.38. The zero-order valence-corrected chi connectivity index (χ0v) is 11.4. The van der Waals surface area contributed by atoms with Crippen molar-refractivity contribution in [2.45, 2.75) is 19.8 Å². The molecule has 1 aromatic carbocycles. The fourth-order valence-corrected chi connectivity index (χ4v) is 2.34. The van der Waals surface area contributed by atoms with Crippen molar-refractivity contribution < 1.29 is 4.79 Å². The first kappa shape index (κ1) is 13.4. The summed E-state index contributed by atoms with van der Waals surface area (Å²) in [4.78, 5) is 12.0. The maximum Gasteiger partial charge on any atom is 0.251 e. The number of aryl methyl sites for hydroxylation is 1. The second kappa shape index (κ2) is 6.21. The molecule has 98 valence electrons. The number of hydrogen-bond acceptors (Lipinski definition) is 2. The summed E-state index contributed by atoms with van der Waals surface area (Å²) in [5, 5.41) is 6.95. The van der Waals surface area contributed by atoms with E-state index >= 15 is 0 Å². The van der Waals surface area contributed by atoms with Gasteiger partial charge in [0, 0.05) is 17.1 Å². The Kier molecular flexibility index (Phi) is 4.61. The standard InChI is InChI=1S/C14H19ClN2O/c1-10-2-3-12(8-13(10)15)14(18)17-9-11-4-6-16-7-5-11/h2-3,8,11,16H,4-7,9H2,1H3,(H,17,18). The summed E-state index contributed by atoms with van der Waals surface area (Å²) >= 11 is 6.02. The second-order valence-electron chi connectivity index (χ2n) is 4.87. The Bertz CT molecular complexity index is 428. The van der Waals surface area contributed by atoms with Crippen molar-refractivity contribution in [1.82, 2.24) is 10.6 Å². The SMILES string of the molecule is Cc1ccc(C(=O)NCC2CCNCC2)cc1Cl. The van der Waals surface area contributed by atoms with Crippen LogP contribution in [0.2, 0.25) is 5.02 Å². The lowest BCUT2D eigenvalue weighted by Gasteiger charge is -2.22. The average molecular weight is 267 g/mol. The van der Waals surface area contributed by atoms with E-state index in [9.17, 15) is 4.79 Å². The molecule has 0 unspecified atom stereocenters. The lowest BCUT2D eigenvalue weighted by Crippen LogP contribution is -2.35. The molecule has 0 spiro atoms. The first-order valence-corrected chi connectivity index (χ1v) is 6.79. The minimum absolute atomic E-state index is 0.0320. The summed E-state index contributed by atoms with van der Waals surface area (Å²) in [7, 11) is 0. The van der Waals surface area contributed by atoms with Gasteiger partial charge in [0.2, 0.25) is 0 Å². The number of nitrogens with one attached hydrogen (secondary N) is 2. The van der Waals surface area contributed by atoms with E-state index in [1.54, 1.807) is 6.07 Å². The van der Waals surface area contributed by atoms with E-state index in [1.165, 1.54) is 0 Å². The van der Waals surface area contributed by atoms with E-state index < -0.39 is 0 Å². The molecule has 4 heteroatoms. The van der Waals surface area contributed by atoms with Crippen molar-refractivity contribution >= 4 is 17.5 Å². The largest absolute Gasteiger partial charge is 0.352 e. The third-order valence-electron chi connectivity index (χ3n) is 3.44. The summed E-state index contributed by atoms with van der Waals surface area (Å²) in [5.41, 5.74) is 1.63. The Balaban J connectivity index is 1.88. The van der Waals surface area contributed by atoms with Gasteiger partial charge in [0.15, 0.2) is 0 Å². The van der Waals surface area contributed by atoms with E-state index in [4.69, 9.17) is 11.6 Å². The molecule has 0 aliphatic carbocycles. The Morgan fingerprint density at radius 1 is 1.44 bits per heavy atom. The lowest BCUT2D eigenvalue weighted by atomic mass is 9.98. The number of benzene rings is 1. The van der Waals surface area contributed by atoms with Crippen molar-refractivity contribution in [3.63, 3.8) is 0 Å². The van der Waals surface area contributed by atoms with Gasteiger partial charge in [-0.3, -0.25) is 4.79 Å². The monoisotopic (exact) mass is 266 g/mol. The molecule has 0 atom stereocenters. The summed E-state index contributed by atoms with van der Waals surface area (Å²) in [5.74, 6) is 0.562. The van der Waals surface area contributed by atoms with Crippen molar-refractivity contribution in [1.29, 1.82) is 0 Å². The number of rotatable bonds is 3. The highest BCUT2D eigenvalue weighted by Gasteiger charge is 2.14. The van der Waals surface area contributed by atoms with Crippen LogP contribution in [0.4, 0.5) is 0 Å². The molecule has 0 radical (unpaired) electrons. The summed E-state index contributed by atoms with van der Waals surface area (Å²) < 4.78 is 0. The molecule has 3 nitrogen and oxygen atoms in total. The molecule has 0 saturated carbocycles. The maximum absolute atomic E-state index is 12.0. The van der Waals surface area contributed by atoms with Crippen LogP contribution in [0, 0.1) is 12.8 Å². The molecule has 1 amide bonds. The van der Waals surface area contributed by atoms with Gasteiger partial charge in [-0.1, -0.05) is 17.7 Å². The Hall–Kier alpha value is -1.06. The van der Waals surface area contributed by atoms with Crippen molar-refractivity contribution in [3.05, 3.63) is 34.3 Å². The number of carbonyl (C=O) groups is 1. The second-order valence-corrected chi connectivity index (χ2v) is 5.27. The highest BCUT2D eigenvalue weighted by atomic mass is 35.5. The van der Waals surface area contributed by atoms with Gasteiger partial charge < -0.3 is 10.6 Å². The fourth-order valence-electron chi connectivity index (χ4n) is 2.16. The third kappa shape index (κ3) is 3.47. The maximum atomic E-state index is 12.0. The first-order chi connectivity index (χ1) is 8.66. The van der Waals surface area contributed by atoms with Crippen molar-refractivity contribution in [3.8, 4) is 0 Å². The Morgan fingerprint density at radius 2 is 2.17 bits per heavy atom. The molecule has 1 heterocycles. The normalized spacial score (nSPS) is 16.6. The minimum atomic E-state index is -0.0320. The van der Waals surface area contributed by atoms with Gasteiger partial charge in [-0.2, -0.15) is 0 Å². The van der Waals surface area contributed by atoms with Crippen LogP contribution in [-0.2, 0) is 0 Å². The molecule has 2 N–H and O–H groups in total. The minimum Gasteiger partial charge on any atom is -0.352 e. The van der Waals surface area contributed by atoms with Crippen molar-refractivity contribution in [2.24, 2.45) is 5.92 Å². The molecule has 1 saturated heterocycles. The van der Waals surface area contributed by atoms with Gasteiger partial charge in [-0.25, -0.2) is 0 Å². The molecule has 18 heavy (non-hydrogen) atoms. The fraction of sp³-hybridized carbons (Fsp3) is 0.500. The number of carbonyl (C=O) groups excluding carboxylic acids is 1. The Morgan fingerprint density at radius 3 is 2.83 bits per heavy atom. The van der Waals surface area contributed by atoms with Crippen LogP contribution >= 0.6 is 11.6 Å². The average Bonchev–Trinajstić information content (AvgIpc) is 2.40. The van der Waals surface area contributed by atoms with E-state index in [2.05, 4.69) is 10.6 Å². The molecular weight excluding hydrogens is 248 g/mol. The topological polar surface area (TPSA) is 41.1 Å². The predicted molar refractivity (Wildman–Crippen MR) is 74.1 cm³/mol.